The highest BCUT2D eigenvalue weighted by Crippen LogP contribution is 2.46. The van der Waals surface area contributed by atoms with Gasteiger partial charge < -0.3 is 14.2 Å². The second kappa shape index (κ2) is 11.1. The van der Waals surface area contributed by atoms with Gasteiger partial charge in [-0.2, -0.15) is 0 Å². The van der Waals surface area contributed by atoms with Crippen molar-refractivity contribution in [3.63, 3.8) is 0 Å². The number of hydrogen-bond acceptors (Lipinski definition) is 6. The third-order valence-electron chi connectivity index (χ3n) is 7.72. The Morgan fingerprint density at radius 2 is 1.75 bits per heavy atom. The lowest BCUT2D eigenvalue weighted by Crippen LogP contribution is -2.57. The third kappa shape index (κ3) is 5.48. The maximum absolute atomic E-state index is 13.8. The van der Waals surface area contributed by atoms with Crippen LogP contribution in [-0.4, -0.2) is 59.9 Å². The number of rotatable bonds is 6. The number of para-hydroxylation sites is 1. The van der Waals surface area contributed by atoms with Crippen molar-refractivity contribution in [3.05, 3.63) is 66.2 Å². The van der Waals surface area contributed by atoms with Gasteiger partial charge in [0, 0.05) is 38.5 Å². The molecule has 2 aromatic carbocycles. The molecule has 1 aliphatic carbocycles. The van der Waals surface area contributed by atoms with Crippen LogP contribution in [0.5, 0.6) is 5.75 Å². The molecule has 2 heterocycles. The molecular formula is C29H36N2O5. The van der Waals surface area contributed by atoms with Gasteiger partial charge in [0.15, 0.2) is 5.79 Å². The van der Waals surface area contributed by atoms with Crippen molar-refractivity contribution in [3.8, 4) is 5.75 Å². The minimum absolute atomic E-state index is 0.151. The average molecular weight is 493 g/mol. The Hall–Kier alpha value is -2.74. The summed E-state index contributed by atoms with van der Waals surface area (Å²) in [4.78, 5) is 30.7. The molecule has 2 saturated heterocycles. The van der Waals surface area contributed by atoms with Crippen LogP contribution in [0.4, 0.5) is 4.79 Å². The van der Waals surface area contributed by atoms with Crippen molar-refractivity contribution in [2.45, 2.75) is 57.4 Å². The van der Waals surface area contributed by atoms with Crippen LogP contribution in [0.25, 0.3) is 0 Å². The zero-order valence-electron chi connectivity index (χ0n) is 21.0. The second-order valence-corrected chi connectivity index (χ2v) is 10.2. The fraction of sp³-hybridized carbons (Fsp3) is 0.517. The lowest BCUT2D eigenvalue weighted by atomic mass is 9.72. The topological polar surface area (TPSA) is 68.3 Å². The smallest absolute Gasteiger partial charge is 0.410 e. The Kier molecular flexibility index (Phi) is 7.70. The van der Waals surface area contributed by atoms with Crippen LogP contribution >= 0.6 is 0 Å². The Labute approximate surface area is 213 Å². The van der Waals surface area contributed by atoms with E-state index in [1.54, 1.807) is 12.1 Å². The third-order valence-corrected chi connectivity index (χ3v) is 7.72. The molecular weight excluding hydrogens is 456 g/mol. The summed E-state index contributed by atoms with van der Waals surface area (Å²) in [7, 11) is 0. The molecule has 0 bridgehead atoms. The van der Waals surface area contributed by atoms with Crippen molar-refractivity contribution < 1.29 is 23.8 Å². The van der Waals surface area contributed by atoms with Gasteiger partial charge in [-0.1, -0.05) is 55.5 Å². The normalized spacial score (nSPS) is 25.3. The summed E-state index contributed by atoms with van der Waals surface area (Å²) in [5, 5.41) is 0. The summed E-state index contributed by atoms with van der Waals surface area (Å²) in [6.45, 7) is 4.97. The lowest BCUT2D eigenvalue weighted by molar-refractivity contribution is -0.204. The highest BCUT2D eigenvalue weighted by Gasteiger charge is 2.50. The van der Waals surface area contributed by atoms with Crippen LogP contribution in [-0.2, 0) is 20.8 Å². The zero-order chi connectivity index (χ0) is 25.0. The van der Waals surface area contributed by atoms with E-state index in [1.807, 2.05) is 31.2 Å². The fourth-order valence-electron chi connectivity index (χ4n) is 6.14. The van der Waals surface area contributed by atoms with Gasteiger partial charge in [-0.15, -0.1) is 0 Å². The number of ether oxygens (including phenoxy) is 3. The van der Waals surface area contributed by atoms with Crippen LogP contribution in [0.1, 0.15) is 44.6 Å². The van der Waals surface area contributed by atoms with E-state index >= 15 is 0 Å². The SMILES string of the molecule is CCCN(C(=O)Oc1ccccc1)C(=O)[C@@H]1CC2CC3(CC[C@H]2N(Cc2ccccc2)C1)OCCO3. The first-order valence-electron chi connectivity index (χ1n) is 13.2. The number of fused-ring (bicyclic) bond motifs is 1. The molecule has 192 valence electrons. The molecule has 36 heavy (non-hydrogen) atoms. The minimum Gasteiger partial charge on any atom is -0.410 e. The monoisotopic (exact) mass is 492 g/mol. The summed E-state index contributed by atoms with van der Waals surface area (Å²) >= 11 is 0. The molecule has 0 N–H and O–H groups in total. The summed E-state index contributed by atoms with van der Waals surface area (Å²) in [6, 6.07) is 19.7. The molecule has 2 amide bonds. The number of imide groups is 1. The van der Waals surface area contributed by atoms with Gasteiger partial charge in [0.05, 0.1) is 19.1 Å². The Morgan fingerprint density at radius 1 is 1.06 bits per heavy atom. The number of hydrogen-bond donors (Lipinski definition) is 0. The van der Waals surface area contributed by atoms with Gasteiger partial charge in [-0.3, -0.25) is 9.69 Å². The number of carbonyl (C=O) groups excluding carboxylic acids is 2. The second-order valence-electron chi connectivity index (χ2n) is 10.2. The van der Waals surface area contributed by atoms with E-state index in [9.17, 15) is 9.59 Å². The summed E-state index contributed by atoms with van der Waals surface area (Å²) < 4.78 is 17.7. The molecule has 5 rings (SSSR count). The number of carbonyl (C=O) groups is 2. The average Bonchev–Trinajstić information content (AvgIpc) is 3.35. The van der Waals surface area contributed by atoms with Crippen LogP contribution in [0.2, 0.25) is 0 Å². The molecule has 1 spiro atoms. The summed E-state index contributed by atoms with van der Waals surface area (Å²) in [6.07, 6.45) is 3.44. The number of amides is 2. The molecule has 3 fully saturated rings. The van der Waals surface area contributed by atoms with E-state index in [1.165, 1.54) is 10.5 Å². The minimum atomic E-state index is -0.604. The largest absolute Gasteiger partial charge is 0.421 e. The fourth-order valence-corrected chi connectivity index (χ4v) is 6.14. The molecule has 1 unspecified atom stereocenters. The van der Waals surface area contributed by atoms with Crippen molar-refractivity contribution in [2.75, 3.05) is 26.3 Å². The lowest BCUT2D eigenvalue weighted by Gasteiger charge is -2.50. The van der Waals surface area contributed by atoms with E-state index in [0.717, 1.165) is 32.2 Å². The molecule has 2 aliphatic heterocycles. The predicted molar refractivity (Wildman–Crippen MR) is 135 cm³/mol. The van der Waals surface area contributed by atoms with Gasteiger partial charge in [0.2, 0.25) is 5.91 Å². The molecule has 7 nitrogen and oxygen atoms in total. The maximum atomic E-state index is 13.8. The van der Waals surface area contributed by atoms with Gasteiger partial charge in [-0.25, -0.2) is 9.69 Å². The van der Waals surface area contributed by atoms with Crippen molar-refractivity contribution >= 4 is 12.0 Å². The number of likely N-dealkylation sites (tertiary alicyclic amines) is 1. The van der Waals surface area contributed by atoms with E-state index in [4.69, 9.17) is 14.2 Å². The van der Waals surface area contributed by atoms with Crippen molar-refractivity contribution in [1.29, 1.82) is 0 Å². The van der Waals surface area contributed by atoms with Gasteiger partial charge in [0.1, 0.15) is 5.75 Å². The Bertz CT molecular complexity index is 1020. The van der Waals surface area contributed by atoms with Gasteiger partial charge in [-0.05, 0) is 42.9 Å². The maximum Gasteiger partial charge on any atom is 0.421 e. The van der Waals surface area contributed by atoms with Crippen molar-refractivity contribution in [2.24, 2.45) is 11.8 Å². The molecule has 3 atom stereocenters. The first kappa shape index (κ1) is 24.9. The highest BCUT2D eigenvalue weighted by molar-refractivity contribution is 5.94. The molecule has 1 saturated carbocycles. The first-order chi connectivity index (χ1) is 17.6. The van der Waals surface area contributed by atoms with Crippen LogP contribution < -0.4 is 4.74 Å². The summed E-state index contributed by atoms with van der Waals surface area (Å²) in [5.41, 5.74) is 1.23. The Balaban J connectivity index is 1.36. The van der Waals surface area contributed by atoms with Crippen molar-refractivity contribution in [1.82, 2.24) is 9.80 Å². The van der Waals surface area contributed by atoms with E-state index in [0.29, 0.717) is 44.5 Å². The molecule has 0 radical (unpaired) electrons. The van der Waals surface area contributed by atoms with E-state index in [-0.39, 0.29) is 17.7 Å². The van der Waals surface area contributed by atoms with Crippen LogP contribution in [0.3, 0.4) is 0 Å². The number of benzene rings is 2. The summed E-state index contributed by atoms with van der Waals surface area (Å²) in [5.74, 6) is -0.254. The molecule has 2 aromatic rings. The number of piperidine rings is 1. The van der Waals surface area contributed by atoms with E-state index < -0.39 is 11.9 Å². The van der Waals surface area contributed by atoms with Gasteiger partial charge in [0.25, 0.3) is 0 Å². The number of nitrogens with zero attached hydrogens (tertiary/aromatic N) is 2. The molecule has 0 aromatic heterocycles. The predicted octanol–water partition coefficient (Wildman–Crippen LogP) is 4.86. The quantitative estimate of drug-likeness (QED) is 0.574. The highest BCUT2D eigenvalue weighted by atomic mass is 16.7. The van der Waals surface area contributed by atoms with Crippen LogP contribution in [0.15, 0.2) is 60.7 Å². The first-order valence-corrected chi connectivity index (χ1v) is 13.2. The van der Waals surface area contributed by atoms with Gasteiger partial charge >= 0.3 is 6.09 Å². The van der Waals surface area contributed by atoms with E-state index in [2.05, 4.69) is 29.2 Å². The Morgan fingerprint density at radius 3 is 2.44 bits per heavy atom. The van der Waals surface area contributed by atoms with Crippen LogP contribution in [0, 0.1) is 11.8 Å². The zero-order valence-corrected chi connectivity index (χ0v) is 21.0. The molecule has 3 aliphatic rings. The molecule has 7 heteroatoms. The standard InChI is InChI=1S/C29H36N2O5/c1-2-15-31(28(33)36-25-11-7-4-8-12-25)27(32)24-18-23-19-29(34-16-17-35-29)14-13-26(23)30(21-24)20-22-9-5-3-6-10-22/h3-12,23-24,26H,2,13-21H2,1H3/t23?,24-,26-/m1/s1.